The number of nitrogens with one attached hydrogen (secondary N) is 2. The highest BCUT2D eigenvalue weighted by Crippen LogP contribution is 2.36. The highest BCUT2D eigenvalue weighted by Gasteiger charge is 2.44. The van der Waals surface area contributed by atoms with Crippen LogP contribution in [0.25, 0.3) is 0 Å². The van der Waals surface area contributed by atoms with Gasteiger partial charge in [-0.05, 0) is 18.6 Å². The van der Waals surface area contributed by atoms with E-state index >= 15 is 0 Å². The van der Waals surface area contributed by atoms with Crippen LogP contribution in [0.15, 0.2) is 18.2 Å². The molecule has 0 aromatic heterocycles. The van der Waals surface area contributed by atoms with E-state index in [0.29, 0.717) is 11.3 Å². The monoisotopic (exact) mass is 351 g/mol. The minimum Gasteiger partial charge on any atom is -0.369 e. The summed E-state index contributed by atoms with van der Waals surface area (Å²) in [6.07, 6.45) is -1.04. The molecule has 0 aliphatic carbocycles. The molecular weight excluding hydrogens is 338 g/mol. The Morgan fingerprint density at radius 3 is 2.79 bits per heavy atom. The number of carbonyl (C=O) groups excluding carboxylic acids is 4. The molecule has 3 rings (SSSR count). The topological polar surface area (TPSA) is 116 Å². The number of imide groups is 1. The molecule has 3 N–H and O–H groups in total. The number of benzene rings is 1. The highest BCUT2D eigenvalue weighted by molar-refractivity contribution is 6.29. The summed E-state index contributed by atoms with van der Waals surface area (Å²) in [7, 11) is 0. The number of nitrogens with zero attached hydrogens (tertiary/aromatic N) is 1. The van der Waals surface area contributed by atoms with Gasteiger partial charge in [-0.25, -0.2) is 0 Å². The Morgan fingerprint density at radius 1 is 1.38 bits per heavy atom. The number of halogens is 1. The molecule has 126 valence electrons. The number of rotatable bonds is 3. The zero-order valence-electron chi connectivity index (χ0n) is 12.4. The lowest BCUT2D eigenvalue weighted by Crippen LogP contribution is -2.53. The zero-order valence-corrected chi connectivity index (χ0v) is 13.2. The molecule has 2 heterocycles. The lowest BCUT2D eigenvalue weighted by atomic mass is 10.0. The van der Waals surface area contributed by atoms with E-state index in [0.717, 1.165) is 4.90 Å². The molecule has 8 nitrogen and oxygen atoms in total. The lowest BCUT2D eigenvalue weighted by Gasteiger charge is -2.31. The Hall–Kier alpha value is -2.45. The Labute approximate surface area is 141 Å². The maximum Gasteiger partial charge on any atom is 0.257 e. The maximum absolute atomic E-state index is 12.6. The number of fused-ring (bicyclic) bond motifs is 1. The standard InChI is InChI=1S/C15H14ClN3O5/c16-6-12(21)17-7-1-2-8-9(5-7)15(24)19(14(8)23)10-3-4-11(20)18-13(10)22/h1-2,5,10,14,23H,3-4,6H2,(H,17,21)(H,18,20,22). The molecule has 0 spiro atoms. The maximum atomic E-state index is 12.6. The summed E-state index contributed by atoms with van der Waals surface area (Å²) in [6, 6.07) is 3.55. The van der Waals surface area contributed by atoms with Gasteiger partial charge in [0, 0.05) is 23.2 Å². The van der Waals surface area contributed by atoms with Crippen LogP contribution in [0, 0.1) is 0 Å². The summed E-state index contributed by atoms with van der Waals surface area (Å²) in [5, 5.41) is 15.1. The van der Waals surface area contributed by atoms with Crippen LogP contribution in [-0.4, -0.2) is 45.6 Å². The van der Waals surface area contributed by atoms with Gasteiger partial charge >= 0.3 is 0 Å². The van der Waals surface area contributed by atoms with Crippen molar-refractivity contribution in [3.8, 4) is 0 Å². The van der Waals surface area contributed by atoms with Crippen molar-refractivity contribution in [3.63, 3.8) is 0 Å². The third kappa shape index (κ3) is 2.74. The van der Waals surface area contributed by atoms with Crippen molar-refractivity contribution in [2.75, 3.05) is 11.2 Å². The fraction of sp³-hybridized carbons (Fsp3) is 0.333. The van der Waals surface area contributed by atoms with Gasteiger partial charge in [0.25, 0.3) is 5.91 Å². The molecule has 1 aromatic rings. The number of hydrogen-bond donors (Lipinski definition) is 3. The molecule has 1 aromatic carbocycles. The summed E-state index contributed by atoms with van der Waals surface area (Å²) in [5.41, 5.74) is 0.901. The second-order valence-corrected chi connectivity index (χ2v) is 5.80. The largest absolute Gasteiger partial charge is 0.369 e. The molecule has 24 heavy (non-hydrogen) atoms. The Morgan fingerprint density at radius 2 is 2.12 bits per heavy atom. The van der Waals surface area contributed by atoms with Gasteiger partial charge in [0.2, 0.25) is 17.7 Å². The number of amides is 4. The molecule has 1 fully saturated rings. The summed E-state index contributed by atoms with van der Waals surface area (Å²) < 4.78 is 0. The first kappa shape index (κ1) is 16.4. The SMILES string of the molecule is O=C1CCC(N2C(=O)c3cc(NC(=O)CCl)ccc3C2O)C(=O)N1. The third-order valence-corrected chi connectivity index (χ3v) is 4.25. The minimum absolute atomic E-state index is 0.0975. The molecule has 1 saturated heterocycles. The summed E-state index contributed by atoms with van der Waals surface area (Å²) in [5.74, 6) is -2.20. The molecule has 9 heteroatoms. The van der Waals surface area contributed by atoms with Gasteiger partial charge in [-0.1, -0.05) is 6.07 Å². The zero-order chi connectivity index (χ0) is 17.4. The van der Waals surface area contributed by atoms with Crippen LogP contribution >= 0.6 is 11.6 Å². The Kier molecular flexibility index (Phi) is 4.25. The predicted octanol–water partition coefficient (Wildman–Crippen LogP) is 0.116. The van der Waals surface area contributed by atoms with Gasteiger partial charge in [0.05, 0.1) is 0 Å². The fourth-order valence-electron chi connectivity index (χ4n) is 2.90. The second-order valence-electron chi connectivity index (χ2n) is 5.54. The van der Waals surface area contributed by atoms with Crippen molar-refractivity contribution in [2.24, 2.45) is 0 Å². The van der Waals surface area contributed by atoms with Crippen LogP contribution in [-0.2, 0) is 14.4 Å². The summed E-state index contributed by atoms with van der Waals surface area (Å²) in [6.45, 7) is 0. The molecule has 2 unspecified atom stereocenters. The van der Waals surface area contributed by atoms with E-state index in [9.17, 15) is 24.3 Å². The average Bonchev–Trinajstić information content (AvgIpc) is 2.79. The number of aliphatic hydroxyl groups is 1. The Balaban J connectivity index is 1.88. The van der Waals surface area contributed by atoms with E-state index in [-0.39, 0.29) is 24.3 Å². The van der Waals surface area contributed by atoms with Crippen molar-refractivity contribution in [1.82, 2.24) is 10.2 Å². The van der Waals surface area contributed by atoms with Crippen LogP contribution in [0.3, 0.4) is 0 Å². The van der Waals surface area contributed by atoms with Crippen molar-refractivity contribution >= 4 is 40.9 Å². The quantitative estimate of drug-likeness (QED) is 0.528. The van der Waals surface area contributed by atoms with Crippen LogP contribution in [0.2, 0.25) is 0 Å². The van der Waals surface area contributed by atoms with Gasteiger partial charge in [-0.3, -0.25) is 29.4 Å². The number of carbonyl (C=O) groups is 4. The van der Waals surface area contributed by atoms with Crippen LogP contribution in [0.4, 0.5) is 5.69 Å². The molecule has 4 amide bonds. The third-order valence-electron chi connectivity index (χ3n) is 4.01. The summed E-state index contributed by atoms with van der Waals surface area (Å²) >= 11 is 5.42. The van der Waals surface area contributed by atoms with E-state index in [1.54, 1.807) is 0 Å². The normalized spacial score (nSPS) is 23.1. The average molecular weight is 352 g/mol. The van der Waals surface area contributed by atoms with Crippen LogP contribution in [0.1, 0.15) is 35.0 Å². The van der Waals surface area contributed by atoms with Gasteiger partial charge in [-0.15, -0.1) is 11.6 Å². The molecule has 2 aliphatic heterocycles. The smallest absolute Gasteiger partial charge is 0.257 e. The first-order valence-corrected chi connectivity index (χ1v) is 7.80. The predicted molar refractivity (Wildman–Crippen MR) is 83.1 cm³/mol. The van der Waals surface area contributed by atoms with Crippen molar-refractivity contribution in [3.05, 3.63) is 29.3 Å². The first-order chi connectivity index (χ1) is 11.4. The molecule has 0 radical (unpaired) electrons. The van der Waals surface area contributed by atoms with E-state index in [1.807, 2.05) is 0 Å². The van der Waals surface area contributed by atoms with Crippen molar-refractivity contribution in [1.29, 1.82) is 0 Å². The number of hydrogen-bond acceptors (Lipinski definition) is 5. The number of piperidine rings is 1. The van der Waals surface area contributed by atoms with Crippen LogP contribution in [0.5, 0.6) is 0 Å². The number of alkyl halides is 1. The highest BCUT2D eigenvalue weighted by atomic mass is 35.5. The minimum atomic E-state index is -1.28. The Bertz CT molecular complexity index is 751. The fourth-order valence-corrected chi connectivity index (χ4v) is 2.97. The summed E-state index contributed by atoms with van der Waals surface area (Å²) in [4.78, 5) is 48.2. The van der Waals surface area contributed by atoms with Gasteiger partial charge in [-0.2, -0.15) is 0 Å². The first-order valence-electron chi connectivity index (χ1n) is 7.26. The van der Waals surface area contributed by atoms with Crippen molar-refractivity contribution < 1.29 is 24.3 Å². The van der Waals surface area contributed by atoms with E-state index in [2.05, 4.69) is 10.6 Å². The van der Waals surface area contributed by atoms with E-state index in [4.69, 9.17) is 11.6 Å². The molecule has 2 atom stereocenters. The van der Waals surface area contributed by atoms with E-state index in [1.165, 1.54) is 18.2 Å². The van der Waals surface area contributed by atoms with Crippen molar-refractivity contribution in [2.45, 2.75) is 25.1 Å². The van der Waals surface area contributed by atoms with Gasteiger partial charge in [0.15, 0.2) is 6.23 Å². The number of anilines is 1. The molecule has 2 aliphatic rings. The van der Waals surface area contributed by atoms with E-state index < -0.39 is 35.9 Å². The van der Waals surface area contributed by atoms with Gasteiger partial charge in [0.1, 0.15) is 11.9 Å². The second kappa shape index (κ2) is 6.21. The molecule has 0 bridgehead atoms. The number of aliphatic hydroxyl groups excluding tert-OH is 1. The van der Waals surface area contributed by atoms with Gasteiger partial charge < -0.3 is 10.4 Å². The molecular formula is C15H14ClN3O5. The molecule has 0 saturated carbocycles. The lowest BCUT2D eigenvalue weighted by molar-refractivity contribution is -0.139. The van der Waals surface area contributed by atoms with Crippen LogP contribution < -0.4 is 10.6 Å².